The number of carbonyl (C=O) groups is 1. The summed E-state index contributed by atoms with van der Waals surface area (Å²) >= 11 is 0. The Bertz CT molecular complexity index is 1180. The van der Waals surface area contributed by atoms with Gasteiger partial charge in [0.1, 0.15) is 11.6 Å². The van der Waals surface area contributed by atoms with Crippen LogP contribution in [0.2, 0.25) is 0 Å². The SMILES string of the molecule is Cc1nc2c3ccccc3n3c(CCCC(=O)NCCCOC(C)C)nnc3n2n1. The van der Waals surface area contributed by atoms with Crippen molar-refractivity contribution < 1.29 is 9.53 Å². The van der Waals surface area contributed by atoms with Gasteiger partial charge in [-0.25, -0.2) is 4.98 Å². The van der Waals surface area contributed by atoms with Crippen LogP contribution >= 0.6 is 0 Å². The van der Waals surface area contributed by atoms with Crippen LogP contribution in [0.5, 0.6) is 0 Å². The molecule has 0 fully saturated rings. The molecule has 0 spiro atoms. The van der Waals surface area contributed by atoms with Gasteiger partial charge in [-0.2, -0.15) is 4.52 Å². The van der Waals surface area contributed by atoms with Gasteiger partial charge in [-0.3, -0.25) is 9.20 Å². The van der Waals surface area contributed by atoms with Crippen molar-refractivity contribution in [1.29, 1.82) is 0 Å². The van der Waals surface area contributed by atoms with Crippen molar-refractivity contribution in [3.05, 3.63) is 35.9 Å². The average Bonchev–Trinajstić information content (AvgIpc) is 3.31. The lowest BCUT2D eigenvalue weighted by Crippen LogP contribution is -2.25. The van der Waals surface area contributed by atoms with Crippen LogP contribution in [0.4, 0.5) is 0 Å². The van der Waals surface area contributed by atoms with Crippen molar-refractivity contribution in [3.63, 3.8) is 0 Å². The molecule has 1 N–H and O–H groups in total. The van der Waals surface area contributed by atoms with E-state index in [-0.39, 0.29) is 12.0 Å². The predicted molar refractivity (Wildman–Crippen MR) is 113 cm³/mol. The van der Waals surface area contributed by atoms with E-state index in [0.717, 1.165) is 28.8 Å². The first-order valence-electron chi connectivity index (χ1n) is 10.4. The maximum absolute atomic E-state index is 12.1. The molecule has 0 bridgehead atoms. The number of aromatic nitrogens is 6. The Morgan fingerprint density at radius 2 is 2.03 bits per heavy atom. The number of hydrogen-bond acceptors (Lipinski definition) is 6. The fourth-order valence-corrected chi connectivity index (χ4v) is 3.55. The van der Waals surface area contributed by atoms with E-state index in [4.69, 9.17) is 4.74 Å². The third-order valence-corrected chi connectivity index (χ3v) is 4.90. The lowest BCUT2D eigenvalue weighted by atomic mass is 10.2. The molecule has 3 heterocycles. The summed E-state index contributed by atoms with van der Waals surface area (Å²) in [6.07, 6.45) is 2.82. The summed E-state index contributed by atoms with van der Waals surface area (Å²) in [5, 5.41) is 17.2. The van der Waals surface area contributed by atoms with Gasteiger partial charge in [0.05, 0.1) is 11.6 Å². The van der Waals surface area contributed by atoms with E-state index >= 15 is 0 Å². The molecule has 0 saturated carbocycles. The summed E-state index contributed by atoms with van der Waals surface area (Å²) in [5.41, 5.74) is 1.76. The topological polar surface area (TPSA) is 98.7 Å². The Morgan fingerprint density at radius 1 is 1.20 bits per heavy atom. The fourth-order valence-electron chi connectivity index (χ4n) is 3.55. The van der Waals surface area contributed by atoms with E-state index < -0.39 is 0 Å². The molecule has 1 amide bonds. The third kappa shape index (κ3) is 4.11. The summed E-state index contributed by atoms with van der Waals surface area (Å²) < 4.78 is 9.23. The predicted octanol–water partition coefficient (Wildman–Crippen LogP) is 2.49. The lowest BCUT2D eigenvalue weighted by Gasteiger charge is -2.08. The molecule has 9 nitrogen and oxygen atoms in total. The molecule has 1 aromatic carbocycles. The number of carbonyl (C=O) groups excluding carboxylic acids is 1. The quantitative estimate of drug-likeness (QED) is 0.427. The van der Waals surface area contributed by atoms with Gasteiger partial charge in [-0.05, 0) is 45.7 Å². The smallest absolute Gasteiger partial charge is 0.258 e. The molecule has 0 aliphatic carbocycles. The molecular weight excluding hydrogens is 382 g/mol. The second-order valence-corrected chi connectivity index (χ2v) is 7.64. The fraction of sp³-hybridized carbons (Fsp3) is 0.476. The second-order valence-electron chi connectivity index (χ2n) is 7.64. The van der Waals surface area contributed by atoms with E-state index in [1.54, 1.807) is 4.52 Å². The van der Waals surface area contributed by atoms with Gasteiger partial charge in [0, 0.05) is 31.4 Å². The molecule has 4 rings (SSSR count). The molecule has 9 heteroatoms. The number of hydrogen-bond donors (Lipinski definition) is 1. The maximum Gasteiger partial charge on any atom is 0.258 e. The van der Waals surface area contributed by atoms with E-state index in [1.165, 1.54) is 0 Å². The largest absolute Gasteiger partial charge is 0.379 e. The minimum atomic E-state index is 0.0486. The summed E-state index contributed by atoms with van der Waals surface area (Å²) in [5.74, 6) is 2.18. The minimum absolute atomic E-state index is 0.0486. The molecule has 0 unspecified atom stereocenters. The highest BCUT2D eigenvalue weighted by molar-refractivity contribution is 5.93. The lowest BCUT2D eigenvalue weighted by molar-refractivity contribution is -0.121. The number of benzene rings is 1. The number of ether oxygens (including phenoxy) is 1. The molecule has 0 atom stereocenters. The summed E-state index contributed by atoms with van der Waals surface area (Å²) in [4.78, 5) is 16.7. The Balaban J connectivity index is 1.45. The van der Waals surface area contributed by atoms with Crippen molar-refractivity contribution in [2.45, 2.75) is 52.6 Å². The van der Waals surface area contributed by atoms with Crippen LogP contribution in [-0.4, -0.2) is 54.4 Å². The summed E-state index contributed by atoms with van der Waals surface area (Å²) in [6, 6.07) is 8.03. The number of nitrogens with one attached hydrogen (secondary N) is 1. The van der Waals surface area contributed by atoms with Crippen LogP contribution < -0.4 is 5.32 Å². The van der Waals surface area contributed by atoms with E-state index in [2.05, 4.69) is 25.6 Å². The number of rotatable bonds is 9. The number of nitrogens with zero attached hydrogens (tertiary/aromatic N) is 6. The van der Waals surface area contributed by atoms with Gasteiger partial charge in [-0.1, -0.05) is 12.1 Å². The monoisotopic (exact) mass is 409 g/mol. The Morgan fingerprint density at radius 3 is 2.87 bits per heavy atom. The van der Waals surface area contributed by atoms with Crippen LogP contribution in [0, 0.1) is 6.92 Å². The van der Waals surface area contributed by atoms with Gasteiger partial charge < -0.3 is 10.1 Å². The number of aryl methyl sites for hydroxylation is 2. The summed E-state index contributed by atoms with van der Waals surface area (Å²) in [6.45, 7) is 7.17. The standard InChI is InChI=1S/C21H27N7O2/c1-14(2)30-13-7-12-22-19(29)11-6-10-18-24-25-21-27(18)17-9-5-4-8-16(17)20-23-15(3)26-28(20)21/h4-5,8-9,14H,6-7,10-13H2,1-3H3,(H,22,29). The molecule has 0 aliphatic rings. The highest BCUT2D eigenvalue weighted by atomic mass is 16.5. The Hall–Kier alpha value is -3.07. The van der Waals surface area contributed by atoms with E-state index in [0.29, 0.717) is 44.0 Å². The van der Waals surface area contributed by atoms with E-state index in [9.17, 15) is 4.79 Å². The van der Waals surface area contributed by atoms with Gasteiger partial charge in [0.2, 0.25) is 5.91 Å². The number of para-hydroxylation sites is 1. The van der Waals surface area contributed by atoms with Gasteiger partial charge in [0.15, 0.2) is 5.65 Å². The van der Waals surface area contributed by atoms with Crippen LogP contribution in [0.25, 0.3) is 22.3 Å². The molecule has 3 aromatic heterocycles. The molecule has 0 aliphatic heterocycles. The Labute approximate surface area is 174 Å². The van der Waals surface area contributed by atoms with Crippen molar-refractivity contribution in [1.82, 2.24) is 34.5 Å². The Kier molecular flexibility index (Phi) is 5.89. The minimum Gasteiger partial charge on any atom is -0.379 e. The van der Waals surface area contributed by atoms with Gasteiger partial charge in [-0.15, -0.1) is 15.3 Å². The van der Waals surface area contributed by atoms with Gasteiger partial charge in [0.25, 0.3) is 5.78 Å². The van der Waals surface area contributed by atoms with Crippen LogP contribution in [0.3, 0.4) is 0 Å². The van der Waals surface area contributed by atoms with E-state index in [1.807, 2.05) is 49.4 Å². The summed E-state index contributed by atoms with van der Waals surface area (Å²) in [7, 11) is 0. The average molecular weight is 409 g/mol. The van der Waals surface area contributed by atoms with Crippen LogP contribution in [-0.2, 0) is 16.0 Å². The van der Waals surface area contributed by atoms with Crippen molar-refractivity contribution >= 4 is 28.2 Å². The zero-order valence-corrected chi connectivity index (χ0v) is 17.6. The van der Waals surface area contributed by atoms with Crippen LogP contribution in [0.1, 0.15) is 44.8 Å². The molecule has 158 valence electrons. The highest BCUT2D eigenvalue weighted by Gasteiger charge is 2.16. The normalized spacial score (nSPS) is 11.9. The molecule has 0 saturated heterocycles. The first-order valence-corrected chi connectivity index (χ1v) is 10.4. The van der Waals surface area contributed by atoms with Gasteiger partial charge >= 0.3 is 0 Å². The molecule has 30 heavy (non-hydrogen) atoms. The molecule has 4 aromatic rings. The maximum atomic E-state index is 12.1. The zero-order valence-electron chi connectivity index (χ0n) is 17.6. The third-order valence-electron chi connectivity index (χ3n) is 4.90. The van der Waals surface area contributed by atoms with Crippen molar-refractivity contribution in [2.24, 2.45) is 0 Å². The molecular formula is C21H27N7O2. The van der Waals surface area contributed by atoms with Crippen molar-refractivity contribution in [3.8, 4) is 0 Å². The zero-order chi connectivity index (χ0) is 21.1. The second kappa shape index (κ2) is 8.74. The van der Waals surface area contributed by atoms with Crippen molar-refractivity contribution in [2.75, 3.05) is 13.2 Å². The number of fused-ring (bicyclic) bond motifs is 6. The first kappa shape index (κ1) is 20.2. The number of amides is 1. The molecule has 0 radical (unpaired) electrons. The van der Waals surface area contributed by atoms with Crippen LogP contribution in [0.15, 0.2) is 24.3 Å². The highest BCUT2D eigenvalue weighted by Crippen LogP contribution is 2.22. The first-order chi connectivity index (χ1) is 14.5.